The molecule has 48 heteroatoms. The third kappa shape index (κ3) is 42.0. The van der Waals surface area contributed by atoms with E-state index in [4.69, 9.17) is 71.7 Å². The highest BCUT2D eigenvalue weighted by atomic mass is 19.4. The SMILES string of the molecule is N[C@@H]1COC(=O)C1.N[C@@H]1COC(=O)C1.O=C(CNC(=O)c1cncc(NC2=NCCN2)c1)N[C@@H]1COC(=O)C1.O=C(O)C(F)(F)F.O=C(O)CNC(=O)c1cncc(NC2=NCCN2)c1.O=C(O)c1cncc(NC2=NCCN2)c1.[B]C(=O)N[C@@H](CC(=O)OCc1ccccc1)C(=O)O.[B]C(=O)N[C@H](CO)CC(=O)OCc1ccccc1. The van der Waals surface area contributed by atoms with Crippen molar-refractivity contribution in [2.24, 2.45) is 26.4 Å². The molecular weight excluding hydrogens is 1560 g/mol. The summed E-state index contributed by atoms with van der Waals surface area (Å²) in [6.45, 7) is 4.64. The number of aliphatic hydroxyl groups excluding tert-OH is 1. The minimum Gasteiger partial charge on any atom is -0.480 e. The number of aliphatic hydroxyl groups is 1. The number of carboxylic acids is 4. The number of cyclic esters (lactones) is 3. The number of ether oxygens (including phenoxy) is 5. The van der Waals surface area contributed by atoms with Gasteiger partial charge in [-0.1, -0.05) is 60.7 Å². The third-order valence-electron chi connectivity index (χ3n) is 14.3. The zero-order valence-electron chi connectivity index (χ0n) is 61.9. The lowest BCUT2D eigenvalue weighted by atomic mass is 10.1. The average molecular weight is 1640 g/mol. The largest absolute Gasteiger partial charge is 0.490 e. The van der Waals surface area contributed by atoms with Crippen LogP contribution < -0.4 is 70.0 Å². The Hall–Kier alpha value is -13.9. The zero-order valence-corrected chi connectivity index (χ0v) is 61.9. The number of anilines is 3. The van der Waals surface area contributed by atoms with Crippen molar-refractivity contribution in [2.45, 2.75) is 81.7 Å². The molecule has 0 bridgehead atoms. The van der Waals surface area contributed by atoms with Crippen LogP contribution in [0, 0.1) is 0 Å². The Kier molecular flexibility index (Phi) is 42.2. The maximum atomic E-state index is 12.1. The number of hydrogen-bond acceptors (Lipinski definition) is 34. The third-order valence-corrected chi connectivity index (χ3v) is 14.3. The van der Waals surface area contributed by atoms with Crippen molar-refractivity contribution in [3.05, 3.63) is 144 Å². The Balaban J connectivity index is 0.000000291. The number of aromatic carboxylic acids is 1. The Morgan fingerprint density at radius 2 is 0.940 bits per heavy atom. The minimum atomic E-state index is -5.08. The second kappa shape index (κ2) is 51.7. The average Bonchev–Trinajstić information content (AvgIpc) is 1.70. The molecule has 0 unspecified atom stereocenters. The fraction of sp³-hybridized carbons (Fsp3) is 0.362. The van der Waals surface area contributed by atoms with Gasteiger partial charge in [0.15, 0.2) is 29.5 Å². The van der Waals surface area contributed by atoms with Crippen LogP contribution in [-0.2, 0) is 80.0 Å². The molecule has 5 aromatic rings. The summed E-state index contributed by atoms with van der Waals surface area (Å²) >= 11 is 0. The summed E-state index contributed by atoms with van der Waals surface area (Å²) in [4.78, 5) is 176. The van der Waals surface area contributed by atoms with E-state index in [0.717, 1.165) is 37.3 Å². The van der Waals surface area contributed by atoms with Crippen molar-refractivity contribution in [1.29, 1.82) is 0 Å². The van der Waals surface area contributed by atoms with E-state index in [1.165, 1.54) is 24.7 Å². The molecule has 3 fully saturated rings. The van der Waals surface area contributed by atoms with Gasteiger partial charge in [-0.05, 0) is 29.3 Å². The van der Waals surface area contributed by atoms with Gasteiger partial charge in [-0.15, -0.1) is 0 Å². The van der Waals surface area contributed by atoms with Crippen LogP contribution >= 0.6 is 0 Å². The van der Waals surface area contributed by atoms with Crippen LogP contribution in [0.1, 0.15) is 74.3 Å². The maximum Gasteiger partial charge on any atom is 0.490 e. The number of amides is 5. The zero-order chi connectivity index (χ0) is 86.2. The van der Waals surface area contributed by atoms with E-state index < -0.39 is 90.5 Å². The van der Waals surface area contributed by atoms with Crippen LogP contribution in [-0.4, -0.2) is 272 Å². The molecule has 3 saturated heterocycles. The highest BCUT2D eigenvalue weighted by Gasteiger charge is 2.38. The Morgan fingerprint density at radius 3 is 1.26 bits per heavy atom. The van der Waals surface area contributed by atoms with Gasteiger partial charge in [-0.3, -0.25) is 82.7 Å². The van der Waals surface area contributed by atoms with Gasteiger partial charge in [0.2, 0.25) is 21.6 Å². The number of pyridine rings is 3. The summed E-state index contributed by atoms with van der Waals surface area (Å²) < 4.78 is 55.4. The molecule has 0 saturated carbocycles. The van der Waals surface area contributed by atoms with Crippen molar-refractivity contribution < 1.29 is 130 Å². The number of nitrogens with zero attached hydrogens (tertiary/aromatic N) is 6. The lowest BCUT2D eigenvalue weighted by Crippen LogP contribution is -2.42. The van der Waals surface area contributed by atoms with Gasteiger partial charge < -0.3 is 119 Å². The van der Waals surface area contributed by atoms with Gasteiger partial charge in [0.05, 0.1) is 129 Å². The number of benzene rings is 2. The molecular formula is C69H82B2F3N19O24. The molecule has 6 aliphatic heterocycles. The van der Waals surface area contributed by atoms with E-state index in [2.05, 4.69) is 92.6 Å². The minimum absolute atomic E-state index is 0.0442. The second-order valence-corrected chi connectivity index (χ2v) is 24.0. The van der Waals surface area contributed by atoms with Crippen LogP contribution in [0.15, 0.2) is 131 Å². The van der Waals surface area contributed by atoms with Gasteiger partial charge in [-0.2, -0.15) is 13.2 Å². The molecule has 20 N–H and O–H groups in total. The lowest BCUT2D eigenvalue weighted by molar-refractivity contribution is -0.192. The number of nitrogens with one attached hydrogen (secondary N) is 11. The smallest absolute Gasteiger partial charge is 0.480 e. The molecule has 6 aliphatic rings. The summed E-state index contributed by atoms with van der Waals surface area (Å²) in [5.41, 5.74) is 14.8. The number of carbonyl (C=O) groups is 14. The predicted octanol–water partition coefficient (Wildman–Crippen LogP) is -2.00. The number of aliphatic carboxylic acids is 3. The first kappa shape index (κ1) is 95.5. The quantitative estimate of drug-likeness (QED) is 0.0191. The van der Waals surface area contributed by atoms with Crippen LogP contribution in [0.2, 0.25) is 0 Å². The van der Waals surface area contributed by atoms with E-state index in [1.807, 2.05) is 41.7 Å². The fourth-order valence-corrected chi connectivity index (χ4v) is 8.91. The van der Waals surface area contributed by atoms with Gasteiger partial charge in [0, 0.05) is 50.3 Å². The van der Waals surface area contributed by atoms with Gasteiger partial charge in [-0.25, -0.2) is 14.4 Å². The highest BCUT2D eigenvalue weighted by molar-refractivity contribution is 6.57. The van der Waals surface area contributed by atoms with Crippen LogP contribution in [0.25, 0.3) is 0 Å². The van der Waals surface area contributed by atoms with Crippen molar-refractivity contribution >= 4 is 134 Å². The van der Waals surface area contributed by atoms with Crippen molar-refractivity contribution in [2.75, 3.05) is 94.7 Å². The molecule has 5 amide bonds. The fourth-order valence-electron chi connectivity index (χ4n) is 8.91. The first-order valence-corrected chi connectivity index (χ1v) is 34.6. The monoisotopic (exact) mass is 1640 g/mol. The van der Waals surface area contributed by atoms with E-state index >= 15 is 0 Å². The van der Waals surface area contributed by atoms with Crippen molar-refractivity contribution in [3.8, 4) is 0 Å². The molecule has 0 aliphatic carbocycles. The number of esters is 5. The molecule has 5 atom stereocenters. The first-order chi connectivity index (χ1) is 55.6. The lowest BCUT2D eigenvalue weighted by Gasteiger charge is -2.14. The number of halogens is 3. The van der Waals surface area contributed by atoms with E-state index in [9.17, 15) is 75.5 Å². The molecule has 4 radical (unpaired) electrons. The standard InChI is InChI=1S/C15H18N6O4.C12H12BNO5.C12H14BNO4.C11H13N5O3.C9H10N4O2.2C4H7NO2.C2HF3O2/c22-12(20-11-4-13(23)25-8-11)7-19-14(24)9-3-10(6-16-5-9)21-15-17-1-2-18-15;13-12(18)14-9(11(16)17)6-10(15)19-7-8-4-2-1-3-5-8;13-12(17)14-10(7-15)6-11(16)18-8-9-4-2-1-3-5-9;17-9(18)6-15-10(19)7-3-8(5-12-4-7)16-11-13-1-2-14-11;14-8(15)6-3-7(5-10-4-6)13-9-11-1-2-12-9;2*5-3-1-4(6)7-2-3;3-2(4,5)1(6)7/h3,5-6,11H,1-2,4,7-8H2,(H,19,24)(H,20,22)(H2,17,18,21);1-5,9H,6-7H2,(H,14,18)(H,16,17);1-5,10,15H,6-8H2,(H,14,17);3-5H,1-2,6H2,(H,15,19)(H,17,18)(H2,13,14,16);3-5H,1-2H2,(H,14,15)(H2,11,12,13);2*3H,1-2,5H2;(H,6,7)/t11-;9-;10-;;;2*3-;/m000..00./s1. The number of alkyl halides is 3. The molecule has 117 heavy (non-hydrogen) atoms. The van der Waals surface area contributed by atoms with Gasteiger partial charge in [0.25, 0.3) is 11.8 Å². The van der Waals surface area contributed by atoms with Crippen LogP contribution in [0.5, 0.6) is 0 Å². The molecule has 0 spiro atoms. The number of aromatic nitrogens is 3. The summed E-state index contributed by atoms with van der Waals surface area (Å²) in [7, 11) is 9.70. The summed E-state index contributed by atoms with van der Waals surface area (Å²) in [6, 6.07) is 20.3. The van der Waals surface area contributed by atoms with E-state index in [0.29, 0.717) is 79.6 Å². The highest BCUT2D eigenvalue weighted by Crippen LogP contribution is 2.15. The number of guanidine groups is 3. The number of carbonyl (C=O) groups excluding carboxylic acids is 10. The Bertz CT molecular complexity index is 4270. The molecule has 43 nitrogen and oxygen atoms in total. The van der Waals surface area contributed by atoms with Crippen LogP contribution in [0.3, 0.4) is 0 Å². The Morgan fingerprint density at radius 1 is 0.547 bits per heavy atom. The second-order valence-electron chi connectivity index (χ2n) is 24.0. The van der Waals surface area contributed by atoms with Gasteiger partial charge >= 0.3 is 59.9 Å². The van der Waals surface area contributed by atoms with Crippen LogP contribution in [0.4, 0.5) is 39.8 Å². The number of carboxylic acid groups (broad SMARTS) is 4. The molecule has 9 heterocycles. The summed E-state index contributed by atoms with van der Waals surface area (Å²) in [5, 5.41) is 71.7. The van der Waals surface area contributed by atoms with E-state index in [-0.39, 0.29) is 98.9 Å². The summed E-state index contributed by atoms with van der Waals surface area (Å²) in [6.07, 6.45) is 4.00. The first-order valence-electron chi connectivity index (χ1n) is 34.6. The number of nitrogens with two attached hydrogens (primary N) is 2. The van der Waals surface area contributed by atoms with Crippen molar-refractivity contribution in [3.63, 3.8) is 0 Å². The molecule has 11 rings (SSSR count). The van der Waals surface area contributed by atoms with Crippen molar-refractivity contribution in [1.82, 2.24) is 57.5 Å². The van der Waals surface area contributed by atoms with Gasteiger partial charge in [0.1, 0.15) is 45.6 Å². The molecule has 2 aromatic carbocycles. The number of hydrogen-bond donors (Lipinski definition) is 18. The molecule has 3 aromatic heterocycles. The maximum absolute atomic E-state index is 12.1. The normalized spacial score (nSPS) is 16.0. The number of aliphatic imine (C=N–C) groups is 3. The topological polar surface area (TPSA) is 646 Å². The van der Waals surface area contributed by atoms with E-state index in [1.54, 1.807) is 55.0 Å². The Labute approximate surface area is 665 Å². The molecule has 624 valence electrons. The summed E-state index contributed by atoms with van der Waals surface area (Å²) in [5.74, 6) is -9.31. The number of rotatable bonds is 23. The predicted molar refractivity (Wildman–Crippen MR) is 405 cm³/mol.